The Labute approximate surface area is 175 Å². The molecule has 1 aromatic carbocycles. The average molecular weight is 406 g/mol. The van der Waals surface area contributed by atoms with E-state index in [1.54, 1.807) is 0 Å². The van der Waals surface area contributed by atoms with Crippen molar-refractivity contribution in [3.8, 4) is 6.01 Å². The van der Waals surface area contributed by atoms with Gasteiger partial charge < -0.3 is 10.1 Å². The Kier molecular flexibility index (Phi) is 5.87. The minimum atomic E-state index is -0.0198. The number of fused-ring (bicyclic) bond motifs is 1. The van der Waals surface area contributed by atoms with Crippen LogP contribution >= 0.6 is 0 Å². The summed E-state index contributed by atoms with van der Waals surface area (Å²) in [6.45, 7) is 1.17. The molecule has 3 N–H and O–H groups in total. The van der Waals surface area contributed by atoms with Crippen molar-refractivity contribution in [3.05, 3.63) is 48.2 Å². The number of nitrogens with one attached hydrogen (secondary N) is 3. The first-order valence-electron chi connectivity index (χ1n) is 10.2. The summed E-state index contributed by atoms with van der Waals surface area (Å²) in [4.78, 5) is 9.15. The van der Waals surface area contributed by atoms with E-state index < -0.39 is 0 Å². The molecule has 4 rings (SSSR count). The zero-order valence-corrected chi connectivity index (χ0v) is 17.0. The third-order valence-corrected chi connectivity index (χ3v) is 5.40. The van der Waals surface area contributed by atoms with E-state index in [-0.39, 0.29) is 18.6 Å². The Hall–Kier alpha value is -3.49. The average Bonchev–Trinajstić information content (AvgIpc) is 3.43. The molecule has 1 saturated carbocycles. The lowest BCUT2D eigenvalue weighted by molar-refractivity contribution is 0.272. The van der Waals surface area contributed by atoms with Gasteiger partial charge in [0.2, 0.25) is 5.96 Å². The summed E-state index contributed by atoms with van der Waals surface area (Å²) in [5.41, 5.74) is 9.39. The number of pyridine rings is 1. The first kappa shape index (κ1) is 19.8. The van der Waals surface area contributed by atoms with Crippen molar-refractivity contribution in [1.29, 1.82) is 10.9 Å². The highest BCUT2D eigenvalue weighted by molar-refractivity contribution is 5.91. The highest BCUT2D eigenvalue weighted by Gasteiger charge is 2.19. The maximum Gasteiger partial charge on any atom is 0.304 e. The van der Waals surface area contributed by atoms with Crippen molar-refractivity contribution in [3.63, 3.8) is 0 Å². The molecule has 0 bridgehead atoms. The molecular weight excluding hydrogens is 380 g/mol. The van der Waals surface area contributed by atoms with Crippen molar-refractivity contribution in [1.82, 2.24) is 19.5 Å². The van der Waals surface area contributed by atoms with E-state index in [0.29, 0.717) is 11.0 Å². The quantitative estimate of drug-likeness (QED) is 0.234. The van der Waals surface area contributed by atoms with E-state index in [1.807, 2.05) is 42.5 Å². The summed E-state index contributed by atoms with van der Waals surface area (Å²) >= 11 is 0. The smallest absolute Gasteiger partial charge is 0.304 e. The minimum absolute atomic E-state index is 0.0198. The van der Waals surface area contributed by atoms with Crippen LogP contribution in [0, 0.1) is 16.9 Å². The molecule has 2 aromatic heterocycles. The predicted octanol–water partition coefficient (Wildman–Crippen LogP) is 4.27. The van der Waals surface area contributed by atoms with Crippen LogP contribution in [0.3, 0.4) is 0 Å². The van der Waals surface area contributed by atoms with Gasteiger partial charge in [-0.1, -0.05) is 36.3 Å². The van der Waals surface area contributed by atoms with Crippen molar-refractivity contribution in [2.45, 2.75) is 32.3 Å². The zero-order valence-electron chi connectivity index (χ0n) is 17.0. The molecule has 9 heteroatoms. The molecule has 3 aromatic rings. The van der Waals surface area contributed by atoms with Gasteiger partial charge in [0.05, 0.1) is 16.7 Å². The summed E-state index contributed by atoms with van der Waals surface area (Å²) in [5, 5.41) is 16.3. The van der Waals surface area contributed by atoms with Gasteiger partial charge in [-0.15, -0.1) is 0 Å². The van der Waals surface area contributed by atoms with Gasteiger partial charge in [0.15, 0.2) is 0 Å². The fourth-order valence-corrected chi connectivity index (χ4v) is 3.76. The first-order chi connectivity index (χ1) is 14.7. The number of aromatic nitrogens is 3. The van der Waals surface area contributed by atoms with Crippen LogP contribution in [0.15, 0.2) is 47.7 Å². The van der Waals surface area contributed by atoms with Crippen LogP contribution < -0.4 is 10.1 Å². The predicted molar refractivity (Wildman–Crippen MR) is 115 cm³/mol. The highest BCUT2D eigenvalue weighted by atomic mass is 16.5. The molecular formula is C21H26N8O. The number of anilines is 1. The minimum Gasteiger partial charge on any atom is -0.458 e. The number of hydrogen-bond donors (Lipinski definition) is 3. The Bertz CT molecular complexity index is 1040. The summed E-state index contributed by atoms with van der Waals surface area (Å²) in [7, 11) is 1.54. The number of benzene rings is 1. The summed E-state index contributed by atoms with van der Waals surface area (Å²) < 4.78 is 7.49. The molecule has 1 fully saturated rings. The molecule has 1 aliphatic rings. The summed E-state index contributed by atoms with van der Waals surface area (Å²) in [6.07, 6.45) is 5.23. The number of rotatable bonds is 7. The van der Waals surface area contributed by atoms with Gasteiger partial charge in [0.1, 0.15) is 12.4 Å². The van der Waals surface area contributed by atoms with Crippen LogP contribution in [0.5, 0.6) is 6.01 Å². The Balaban J connectivity index is 1.50. The SMILES string of the molecule is CN(N=N)C(=N)n1c(OCc2cccc(NCC3CCCC3)n2)nc2ccccc21. The second kappa shape index (κ2) is 8.89. The normalized spacial score (nSPS) is 14.0. The maximum absolute atomic E-state index is 8.36. The molecule has 9 nitrogen and oxygen atoms in total. The van der Waals surface area contributed by atoms with Crippen molar-refractivity contribution >= 4 is 22.8 Å². The van der Waals surface area contributed by atoms with Crippen molar-refractivity contribution in [2.24, 2.45) is 11.1 Å². The van der Waals surface area contributed by atoms with Crippen LogP contribution in [0.25, 0.3) is 11.0 Å². The highest BCUT2D eigenvalue weighted by Crippen LogP contribution is 2.25. The summed E-state index contributed by atoms with van der Waals surface area (Å²) in [6, 6.07) is 13.6. The van der Waals surface area contributed by atoms with Gasteiger partial charge in [-0.3, -0.25) is 5.41 Å². The van der Waals surface area contributed by atoms with Crippen LogP contribution in [0.2, 0.25) is 0 Å². The first-order valence-corrected chi connectivity index (χ1v) is 10.2. The second-order valence-electron chi connectivity index (χ2n) is 7.50. The Morgan fingerprint density at radius 1 is 1.20 bits per heavy atom. The number of para-hydroxylation sites is 2. The van der Waals surface area contributed by atoms with Crippen LogP contribution in [0.1, 0.15) is 31.4 Å². The standard InChI is InChI=1S/C21H26N8O/c1-28(27-23)20(22)29-18-11-5-4-10-17(18)26-21(29)30-14-16-9-6-12-19(25-16)24-13-15-7-2-3-8-15/h4-6,9-12,15,22-23H,2-3,7-8,13-14H2,1H3,(H,24,25). The van der Waals surface area contributed by atoms with Crippen LogP contribution in [0.4, 0.5) is 5.82 Å². The lowest BCUT2D eigenvalue weighted by atomic mass is 10.1. The van der Waals surface area contributed by atoms with E-state index >= 15 is 0 Å². The van der Waals surface area contributed by atoms with E-state index in [4.69, 9.17) is 15.7 Å². The lowest BCUT2D eigenvalue weighted by Gasteiger charge is -2.15. The molecule has 1 aliphatic carbocycles. The Morgan fingerprint density at radius 3 is 2.80 bits per heavy atom. The van der Waals surface area contributed by atoms with Crippen molar-refractivity contribution < 1.29 is 4.74 Å². The second-order valence-corrected chi connectivity index (χ2v) is 7.50. The molecule has 2 heterocycles. The van der Waals surface area contributed by atoms with E-state index in [1.165, 1.54) is 37.3 Å². The van der Waals surface area contributed by atoms with Gasteiger partial charge in [-0.05, 0) is 43.0 Å². The van der Waals surface area contributed by atoms with Gasteiger partial charge >= 0.3 is 6.01 Å². The molecule has 0 radical (unpaired) electrons. The van der Waals surface area contributed by atoms with Gasteiger partial charge in [-0.25, -0.2) is 14.6 Å². The lowest BCUT2D eigenvalue weighted by Crippen LogP contribution is -2.27. The molecule has 0 spiro atoms. The molecule has 0 amide bonds. The third kappa shape index (κ3) is 4.24. The number of imidazole rings is 1. The van der Waals surface area contributed by atoms with Crippen LogP contribution in [-0.4, -0.2) is 39.1 Å². The molecule has 0 unspecified atom stereocenters. The zero-order chi connectivity index (χ0) is 20.9. The number of nitrogens with zero attached hydrogens (tertiary/aromatic N) is 5. The largest absolute Gasteiger partial charge is 0.458 e. The summed E-state index contributed by atoms with van der Waals surface area (Å²) in [5.74, 6) is 1.56. The maximum atomic E-state index is 8.36. The monoisotopic (exact) mass is 406 g/mol. The van der Waals surface area contributed by atoms with E-state index in [0.717, 1.165) is 29.0 Å². The fourth-order valence-electron chi connectivity index (χ4n) is 3.76. The van der Waals surface area contributed by atoms with Crippen LogP contribution in [-0.2, 0) is 6.61 Å². The van der Waals surface area contributed by atoms with E-state index in [2.05, 4.69) is 20.5 Å². The molecule has 0 saturated heterocycles. The molecule has 0 aliphatic heterocycles. The van der Waals surface area contributed by atoms with Gasteiger partial charge in [0.25, 0.3) is 0 Å². The van der Waals surface area contributed by atoms with Crippen molar-refractivity contribution in [2.75, 3.05) is 18.9 Å². The fraction of sp³-hybridized carbons (Fsp3) is 0.381. The van der Waals surface area contributed by atoms with Gasteiger partial charge in [-0.2, -0.15) is 10.5 Å². The topological polar surface area (TPSA) is 115 Å². The number of hydrogen-bond acceptors (Lipinski definition) is 7. The third-order valence-electron chi connectivity index (χ3n) is 5.40. The molecule has 30 heavy (non-hydrogen) atoms. The molecule has 0 atom stereocenters. The van der Waals surface area contributed by atoms with Gasteiger partial charge in [0, 0.05) is 13.6 Å². The Morgan fingerprint density at radius 2 is 2.00 bits per heavy atom. The molecule has 156 valence electrons. The van der Waals surface area contributed by atoms with E-state index in [9.17, 15) is 0 Å². The number of ether oxygens (including phenoxy) is 1.